The lowest BCUT2D eigenvalue weighted by atomic mass is 10.2. The van der Waals surface area contributed by atoms with Crippen LogP contribution in [-0.4, -0.2) is 15.8 Å². The second-order valence-corrected chi connectivity index (χ2v) is 5.85. The number of hydrogen-bond donors (Lipinski definition) is 1. The number of rotatable bonds is 2. The number of aromatic amines is 1. The smallest absolute Gasteiger partial charge is 0.298 e. The minimum absolute atomic E-state index is 0.00429. The van der Waals surface area contributed by atoms with Crippen molar-refractivity contribution in [2.45, 2.75) is 26.3 Å². The number of carbonyl (C=O) groups excluding carboxylic acids is 1. The molecule has 1 fully saturated rings. The number of aromatic nitrogens is 2. The van der Waals surface area contributed by atoms with Crippen molar-refractivity contribution in [3.63, 3.8) is 0 Å². The van der Waals surface area contributed by atoms with Crippen molar-refractivity contribution >= 4 is 27.8 Å². The van der Waals surface area contributed by atoms with Crippen molar-refractivity contribution < 1.29 is 4.79 Å². The highest BCUT2D eigenvalue weighted by atomic mass is 32.1. The third-order valence-electron chi connectivity index (χ3n) is 3.56. The third-order valence-corrected chi connectivity index (χ3v) is 4.69. The average Bonchev–Trinajstić information content (AvgIpc) is 2.91. The molecule has 94 valence electrons. The predicted octanol–water partition coefficient (Wildman–Crippen LogP) is 1.45. The highest BCUT2D eigenvalue weighted by Gasteiger charge is 2.37. The van der Waals surface area contributed by atoms with E-state index in [0.29, 0.717) is 26.6 Å². The maximum Gasteiger partial charge on any atom is 0.329 e. The van der Waals surface area contributed by atoms with Gasteiger partial charge in [0.1, 0.15) is 4.83 Å². The monoisotopic (exact) mass is 264 g/mol. The van der Waals surface area contributed by atoms with E-state index in [9.17, 15) is 14.4 Å². The molecule has 5 nitrogen and oxygen atoms in total. The molecule has 2 aromatic rings. The number of H-pyrrole nitrogens is 1. The zero-order chi connectivity index (χ0) is 13.0. The molecule has 0 bridgehead atoms. The molecule has 2 aromatic heterocycles. The first kappa shape index (κ1) is 11.4. The molecule has 2 heterocycles. The zero-order valence-electron chi connectivity index (χ0n) is 10.0. The minimum Gasteiger partial charge on any atom is -0.298 e. The molecular formula is C12H12N2O3S. The van der Waals surface area contributed by atoms with Gasteiger partial charge in [0.25, 0.3) is 5.56 Å². The number of aldehydes is 1. The Morgan fingerprint density at radius 2 is 2.11 bits per heavy atom. The molecule has 0 amide bonds. The van der Waals surface area contributed by atoms with Gasteiger partial charge in [-0.2, -0.15) is 0 Å². The topological polar surface area (TPSA) is 71.9 Å². The molecule has 0 aliphatic heterocycles. The van der Waals surface area contributed by atoms with E-state index in [1.165, 1.54) is 4.57 Å². The molecule has 6 heteroatoms. The van der Waals surface area contributed by atoms with Crippen LogP contribution in [-0.2, 0) is 0 Å². The van der Waals surface area contributed by atoms with Crippen LogP contribution in [0.3, 0.4) is 0 Å². The summed E-state index contributed by atoms with van der Waals surface area (Å²) in [6.45, 7) is 3.75. The summed E-state index contributed by atoms with van der Waals surface area (Å²) >= 11 is 1.16. The van der Waals surface area contributed by atoms with Gasteiger partial charge in [-0.1, -0.05) is 6.92 Å². The number of aryl methyl sites for hydroxylation is 1. The molecule has 1 saturated carbocycles. The molecule has 1 aliphatic carbocycles. The molecule has 0 radical (unpaired) electrons. The van der Waals surface area contributed by atoms with Gasteiger partial charge in [-0.25, -0.2) is 4.79 Å². The van der Waals surface area contributed by atoms with Crippen LogP contribution in [0.5, 0.6) is 0 Å². The van der Waals surface area contributed by atoms with Gasteiger partial charge in [-0.05, 0) is 24.8 Å². The Labute approximate surface area is 106 Å². The third kappa shape index (κ3) is 1.42. The van der Waals surface area contributed by atoms with Crippen molar-refractivity contribution in [3.8, 4) is 0 Å². The quantitative estimate of drug-likeness (QED) is 0.834. The number of nitrogens with zero attached hydrogens (tertiary/aromatic N) is 1. The van der Waals surface area contributed by atoms with Crippen LogP contribution < -0.4 is 11.2 Å². The fourth-order valence-corrected chi connectivity index (χ4v) is 3.33. The largest absolute Gasteiger partial charge is 0.329 e. The number of fused-ring (bicyclic) bond motifs is 1. The van der Waals surface area contributed by atoms with Gasteiger partial charge in [0.2, 0.25) is 0 Å². The van der Waals surface area contributed by atoms with Gasteiger partial charge in [-0.3, -0.25) is 19.1 Å². The zero-order valence-corrected chi connectivity index (χ0v) is 10.8. The molecule has 3 rings (SSSR count). The number of nitrogens with one attached hydrogen (secondary N) is 1. The molecule has 1 N–H and O–H groups in total. The summed E-state index contributed by atoms with van der Waals surface area (Å²) in [4.78, 5) is 38.9. The SMILES string of the molecule is Cc1c(C=O)sc2[nH]c(=O)n(C3CC3C)c(=O)c12. The molecule has 0 aromatic carbocycles. The summed E-state index contributed by atoms with van der Waals surface area (Å²) in [6.07, 6.45) is 1.58. The van der Waals surface area contributed by atoms with E-state index < -0.39 is 0 Å². The molecule has 0 saturated heterocycles. The lowest BCUT2D eigenvalue weighted by molar-refractivity contribution is 0.112. The fraction of sp³-hybridized carbons (Fsp3) is 0.417. The van der Waals surface area contributed by atoms with Gasteiger partial charge in [0.05, 0.1) is 10.3 Å². The average molecular weight is 264 g/mol. The van der Waals surface area contributed by atoms with Gasteiger partial charge >= 0.3 is 5.69 Å². The van der Waals surface area contributed by atoms with Crippen LogP contribution >= 0.6 is 11.3 Å². The van der Waals surface area contributed by atoms with E-state index in [-0.39, 0.29) is 17.3 Å². The predicted molar refractivity (Wildman–Crippen MR) is 69.6 cm³/mol. The van der Waals surface area contributed by atoms with Crippen LogP contribution in [0.25, 0.3) is 10.2 Å². The molecule has 2 unspecified atom stereocenters. The minimum atomic E-state index is -0.374. The van der Waals surface area contributed by atoms with Gasteiger partial charge < -0.3 is 0 Å². The Morgan fingerprint density at radius 1 is 1.44 bits per heavy atom. The van der Waals surface area contributed by atoms with E-state index in [2.05, 4.69) is 4.98 Å². The standard InChI is InChI=1S/C12H12N2O3S/c1-5-3-7(5)14-11(16)9-6(2)8(4-15)18-10(9)13-12(14)17/h4-5,7H,3H2,1-2H3,(H,13,17). The number of thiophene rings is 1. The first-order valence-electron chi connectivity index (χ1n) is 5.77. The van der Waals surface area contributed by atoms with E-state index in [0.717, 1.165) is 24.0 Å². The summed E-state index contributed by atoms with van der Waals surface area (Å²) in [6, 6.07) is 0.00429. The van der Waals surface area contributed by atoms with Crippen LogP contribution in [0.1, 0.15) is 34.6 Å². The summed E-state index contributed by atoms with van der Waals surface area (Å²) in [7, 11) is 0. The van der Waals surface area contributed by atoms with E-state index in [1.54, 1.807) is 6.92 Å². The summed E-state index contributed by atoms with van der Waals surface area (Å²) in [5, 5.41) is 0.473. The van der Waals surface area contributed by atoms with E-state index >= 15 is 0 Å². The van der Waals surface area contributed by atoms with E-state index in [1.807, 2.05) is 6.92 Å². The maximum absolute atomic E-state index is 12.4. The normalized spacial score (nSPS) is 22.3. The maximum atomic E-state index is 12.4. The van der Waals surface area contributed by atoms with Gasteiger partial charge in [0, 0.05) is 6.04 Å². The first-order valence-corrected chi connectivity index (χ1v) is 6.59. The van der Waals surface area contributed by atoms with Crippen molar-refractivity contribution in [3.05, 3.63) is 31.3 Å². The lowest BCUT2D eigenvalue weighted by Crippen LogP contribution is -2.34. The Bertz CT molecular complexity index is 768. The Balaban J connectivity index is 2.40. The Hall–Kier alpha value is -1.69. The summed E-state index contributed by atoms with van der Waals surface area (Å²) < 4.78 is 1.29. The highest BCUT2D eigenvalue weighted by molar-refractivity contribution is 7.20. The molecule has 1 aliphatic rings. The molecule has 2 atom stereocenters. The van der Waals surface area contributed by atoms with Crippen LogP contribution in [0.2, 0.25) is 0 Å². The highest BCUT2D eigenvalue weighted by Crippen LogP contribution is 2.41. The first-order chi connectivity index (χ1) is 8.54. The molecular weight excluding hydrogens is 252 g/mol. The Morgan fingerprint density at radius 3 is 2.67 bits per heavy atom. The van der Waals surface area contributed by atoms with Crippen LogP contribution in [0, 0.1) is 12.8 Å². The van der Waals surface area contributed by atoms with Crippen molar-refractivity contribution in [1.82, 2.24) is 9.55 Å². The lowest BCUT2D eigenvalue weighted by Gasteiger charge is -2.02. The van der Waals surface area contributed by atoms with Crippen LogP contribution in [0.4, 0.5) is 0 Å². The number of carbonyl (C=O) groups is 1. The second-order valence-electron chi connectivity index (χ2n) is 4.80. The van der Waals surface area contributed by atoms with E-state index in [4.69, 9.17) is 0 Å². The number of hydrogen-bond acceptors (Lipinski definition) is 4. The van der Waals surface area contributed by atoms with Crippen molar-refractivity contribution in [2.24, 2.45) is 5.92 Å². The summed E-state index contributed by atoms with van der Waals surface area (Å²) in [5.74, 6) is 0.366. The van der Waals surface area contributed by atoms with Gasteiger partial charge in [0.15, 0.2) is 6.29 Å². The molecule has 0 spiro atoms. The van der Waals surface area contributed by atoms with Crippen LogP contribution in [0.15, 0.2) is 9.59 Å². The van der Waals surface area contributed by atoms with Crippen molar-refractivity contribution in [1.29, 1.82) is 0 Å². The Kier molecular flexibility index (Phi) is 2.31. The van der Waals surface area contributed by atoms with Gasteiger partial charge in [-0.15, -0.1) is 11.3 Å². The summed E-state index contributed by atoms with van der Waals surface area (Å²) in [5.41, 5.74) is 0.0128. The second kappa shape index (κ2) is 3.65. The molecule has 18 heavy (non-hydrogen) atoms. The van der Waals surface area contributed by atoms with Crippen molar-refractivity contribution in [2.75, 3.05) is 0 Å². The fourth-order valence-electron chi connectivity index (χ4n) is 2.32.